The third kappa shape index (κ3) is 4.71. The highest BCUT2D eigenvalue weighted by Gasteiger charge is 2.12. The smallest absolute Gasteiger partial charge is 0.262 e. The topological polar surface area (TPSA) is 50.4 Å². The molecule has 4 heteroatoms. The Morgan fingerprint density at radius 1 is 0.735 bits per heavy atom. The van der Waals surface area contributed by atoms with E-state index < -0.39 is 0 Å². The van der Waals surface area contributed by atoms with Gasteiger partial charge in [0.2, 0.25) is 0 Å². The van der Waals surface area contributed by atoms with Crippen molar-refractivity contribution in [2.24, 2.45) is 0 Å². The fraction of sp³-hybridized carbons (Fsp3) is 0.100. The molecule has 168 valence electrons. The van der Waals surface area contributed by atoms with Crippen LogP contribution in [0.25, 0.3) is 21.5 Å². The van der Waals surface area contributed by atoms with Crippen molar-refractivity contribution in [1.29, 1.82) is 0 Å². The van der Waals surface area contributed by atoms with Crippen LogP contribution in [0.5, 0.6) is 5.75 Å². The van der Waals surface area contributed by atoms with Gasteiger partial charge >= 0.3 is 0 Å². The summed E-state index contributed by atoms with van der Waals surface area (Å²) in [7, 11) is 0. The van der Waals surface area contributed by atoms with Gasteiger partial charge in [0.15, 0.2) is 6.61 Å². The van der Waals surface area contributed by atoms with Crippen molar-refractivity contribution in [3.8, 4) is 5.75 Å². The summed E-state index contributed by atoms with van der Waals surface area (Å²) in [6.07, 6.45) is 0. The van der Waals surface area contributed by atoms with Crippen molar-refractivity contribution in [1.82, 2.24) is 0 Å². The fourth-order valence-corrected chi connectivity index (χ4v) is 4.17. The van der Waals surface area contributed by atoms with Gasteiger partial charge in [-0.15, -0.1) is 0 Å². The molecule has 0 atom stereocenters. The lowest BCUT2D eigenvalue weighted by atomic mass is 10.0. The van der Waals surface area contributed by atoms with E-state index in [0.29, 0.717) is 12.3 Å². The Labute approximate surface area is 199 Å². The van der Waals surface area contributed by atoms with Gasteiger partial charge in [0.1, 0.15) is 5.75 Å². The SMILES string of the molecule is Cc1ccc(NC(=O)COc2ccc3ccccc3c2CNc2cccc3ccccc23)cc1. The Balaban J connectivity index is 1.38. The summed E-state index contributed by atoms with van der Waals surface area (Å²) in [4.78, 5) is 12.5. The zero-order valence-electron chi connectivity index (χ0n) is 19.0. The van der Waals surface area contributed by atoms with E-state index >= 15 is 0 Å². The van der Waals surface area contributed by atoms with Crippen molar-refractivity contribution < 1.29 is 9.53 Å². The number of rotatable bonds is 7. The summed E-state index contributed by atoms with van der Waals surface area (Å²) >= 11 is 0. The molecule has 0 spiro atoms. The van der Waals surface area contributed by atoms with Crippen LogP contribution in [0.4, 0.5) is 11.4 Å². The molecule has 0 unspecified atom stereocenters. The first-order valence-corrected chi connectivity index (χ1v) is 11.4. The van der Waals surface area contributed by atoms with Crippen LogP contribution in [0.2, 0.25) is 0 Å². The number of nitrogens with one attached hydrogen (secondary N) is 2. The lowest BCUT2D eigenvalue weighted by Crippen LogP contribution is -2.20. The predicted octanol–water partition coefficient (Wildman–Crippen LogP) is 6.93. The third-order valence-electron chi connectivity index (χ3n) is 5.94. The molecule has 2 N–H and O–H groups in total. The van der Waals surface area contributed by atoms with Gasteiger partial charge in [0, 0.05) is 28.9 Å². The normalized spacial score (nSPS) is 10.9. The molecule has 0 aliphatic heterocycles. The number of amides is 1. The van der Waals surface area contributed by atoms with Crippen molar-refractivity contribution >= 4 is 38.8 Å². The summed E-state index contributed by atoms with van der Waals surface area (Å²) in [5.74, 6) is 0.510. The number of benzene rings is 5. The number of fused-ring (bicyclic) bond motifs is 2. The van der Waals surface area contributed by atoms with E-state index in [1.807, 2.05) is 67.6 Å². The number of carbonyl (C=O) groups excluding carboxylic acids is 1. The third-order valence-corrected chi connectivity index (χ3v) is 5.94. The molecule has 5 rings (SSSR count). The van der Waals surface area contributed by atoms with Gasteiger partial charge in [0.05, 0.1) is 0 Å². The largest absolute Gasteiger partial charge is 0.483 e. The minimum atomic E-state index is -0.190. The summed E-state index contributed by atoms with van der Waals surface area (Å²) in [6.45, 7) is 2.53. The molecule has 0 aliphatic carbocycles. The van der Waals surface area contributed by atoms with Crippen LogP contribution >= 0.6 is 0 Å². The van der Waals surface area contributed by atoms with E-state index in [9.17, 15) is 4.79 Å². The van der Waals surface area contributed by atoms with Crippen molar-refractivity contribution in [2.75, 3.05) is 17.2 Å². The van der Waals surface area contributed by atoms with Gasteiger partial charge in [-0.2, -0.15) is 0 Å². The molecule has 5 aromatic carbocycles. The number of aryl methyl sites for hydroxylation is 1. The lowest BCUT2D eigenvalue weighted by molar-refractivity contribution is -0.118. The second-order valence-corrected chi connectivity index (χ2v) is 8.35. The average molecular weight is 447 g/mol. The highest BCUT2D eigenvalue weighted by atomic mass is 16.5. The first-order chi connectivity index (χ1) is 16.7. The molecule has 5 aromatic rings. The lowest BCUT2D eigenvalue weighted by Gasteiger charge is -2.16. The molecule has 0 heterocycles. The van der Waals surface area contributed by atoms with Crippen LogP contribution < -0.4 is 15.4 Å². The molecule has 0 aliphatic rings. The minimum absolute atomic E-state index is 0.0620. The van der Waals surface area contributed by atoms with Crippen molar-refractivity contribution in [3.05, 3.63) is 114 Å². The van der Waals surface area contributed by atoms with Crippen LogP contribution in [0.15, 0.2) is 103 Å². The van der Waals surface area contributed by atoms with Crippen LogP contribution in [0.1, 0.15) is 11.1 Å². The van der Waals surface area contributed by atoms with Crippen LogP contribution in [-0.4, -0.2) is 12.5 Å². The fourth-order valence-electron chi connectivity index (χ4n) is 4.17. The van der Waals surface area contributed by atoms with Gasteiger partial charge in [-0.1, -0.05) is 84.4 Å². The van der Waals surface area contributed by atoms with Crippen LogP contribution in [0.3, 0.4) is 0 Å². The molecule has 0 radical (unpaired) electrons. The molecule has 0 saturated carbocycles. The highest BCUT2D eigenvalue weighted by molar-refractivity contribution is 5.95. The second-order valence-electron chi connectivity index (χ2n) is 8.35. The summed E-state index contributed by atoms with van der Waals surface area (Å²) in [5.41, 5.74) is 3.99. The van der Waals surface area contributed by atoms with Gasteiger partial charge in [0.25, 0.3) is 5.91 Å². The second kappa shape index (κ2) is 9.67. The molecule has 34 heavy (non-hydrogen) atoms. The Bertz CT molecular complexity index is 1450. The van der Waals surface area contributed by atoms with Gasteiger partial charge < -0.3 is 15.4 Å². The first-order valence-electron chi connectivity index (χ1n) is 11.4. The first kappa shape index (κ1) is 21.5. The standard InChI is InChI=1S/C30H26N2O2/c1-21-13-16-24(17-14-21)32-30(33)20-34-29-18-15-23-8-2-4-10-25(23)27(29)19-31-28-12-6-9-22-7-3-5-11-26(22)28/h2-18,31H,19-20H2,1H3,(H,32,33). The minimum Gasteiger partial charge on any atom is -0.483 e. The number of ether oxygens (including phenoxy) is 1. The maximum atomic E-state index is 12.5. The number of hydrogen-bond acceptors (Lipinski definition) is 3. The van der Waals surface area contributed by atoms with E-state index in [-0.39, 0.29) is 12.5 Å². The van der Waals surface area contributed by atoms with E-state index in [0.717, 1.165) is 33.3 Å². The molecular formula is C30H26N2O2. The quantitative estimate of drug-likeness (QED) is 0.285. The zero-order chi connectivity index (χ0) is 23.3. The molecule has 1 amide bonds. The maximum absolute atomic E-state index is 12.5. The van der Waals surface area contributed by atoms with Crippen LogP contribution in [-0.2, 0) is 11.3 Å². The monoisotopic (exact) mass is 446 g/mol. The molecule has 0 saturated heterocycles. The van der Waals surface area contributed by atoms with Gasteiger partial charge in [-0.05, 0) is 47.3 Å². The summed E-state index contributed by atoms with van der Waals surface area (Å²) in [6, 6.07) is 34.5. The van der Waals surface area contributed by atoms with Gasteiger partial charge in [-0.25, -0.2) is 0 Å². The molecule has 0 aromatic heterocycles. The van der Waals surface area contributed by atoms with Crippen LogP contribution in [0, 0.1) is 6.92 Å². The maximum Gasteiger partial charge on any atom is 0.262 e. The Morgan fingerprint density at radius 3 is 2.21 bits per heavy atom. The summed E-state index contributed by atoms with van der Waals surface area (Å²) in [5, 5.41) is 11.1. The number of anilines is 2. The molecular weight excluding hydrogens is 420 g/mol. The Hall–Kier alpha value is -4.31. The van der Waals surface area contributed by atoms with E-state index in [2.05, 4.69) is 53.1 Å². The van der Waals surface area contributed by atoms with Crippen molar-refractivity contribution in [3.63, 3.8) is 0 Å². The highest BCUT2D eigenvalue weighted by Crippen LogP contribution is 2.30. The summed E-state index contributed by atoms with van der Waals surface area (Å²) < 4.78 is 6.03. The van der Waals surface area contributed by atoms with E-state index in [4.69, 9.17) is 4.74 Å². The number of hydrogen-bond donors (Lipinski definition) is 2. The molecule has 4 nitrogen and oxygen atoms in total. The Kier molecular flexibility index (Phi) is 6.13. The van der Waals surface area contributed by atoms with E-state index in [1.54, 1.807) is 0 Å². The Morgan fingerprint density at radius 2 is 1.41 bits per heavy atom. The molecule has 0 fully saturated rings. The average Bonchev–Trinajstić information content (AvgIpc) is 2.87. The van der Waals surface area contributed by atoms with Gasteiger partial charge in [-0.3, -0.25) is 4.79 Å². The van der Waals surface area contributed by atoms with Crippen molar-refractivity contribution in [2.45, 2.75) is 13.5 Å². The predicted molar refractivity (Wildman–Crippen MR) is 141 cm³/mol. The van der Waals surface area contributed by atoms with E-state index in [1.165, 1.54) is 10.8 Å². The number of carbonyl (C=O) groups is 1. The zero-order valence-corrected chi connectivity index (χ0v) is 19.0. The molecule has 0 bridgehead atoms.